The number of aryl methyl sites for hydroxylation is 1. The first-order valence-electron chi connectivity index (χ1n) is 6.60. The third kappa shape index (κ3) is 2.47. The fourth-order valence-corrected chi connectivity index (χ4v) is 2.04. The average Bonchev–Trinajstić information content (AvgIpc) is 3.14. The Bertz CT molecular complexity index is 856. The van der Waals surface area contributed by atoms with Gasteiger partial charge in [0.25, 0.3) is 5.91 Å². The minimum Gasteiger partial charge on any atom is -0.456 e. The summed E-state index contributed by atoms with van der Waals surface area (Å²) < 4.78 is 6.79. The largest absolute Gasteiger partial charge is 0.456 e. The second-order valence-corrected chi connectivity index (χ2v) is 4.63. The van der Waals surface area contributed by atoms with Crippen LogP contribution in [0.4, 0.5) is 5.82 Å². The minimum absolute atomic E-state index is 0.183. The maximum atomic E-state index is 12.2. The number of anilines is 1. The number of nitrogens with one attached hydrogen (secondary N) is 1. The molecule has 0 radical (unpaired) electrons. The molecule has 0 saturated heterocycles. The summed E-state index contributed by atoms with van der Waals surface area (Å²) >= 11 is 0. The Hall–Kier alpha value is -3.33. The van der Waals surface area contributed by atoms with Gasteiger partial charge in [-0.25, -0.2) is 4.68 Å². The van der Waals surface area contributed by atoms with Crippen LogP contribution < -0.4 is 5.32 Å². The topological polar surface area (TPSA) is 83.9 Å². The first-order chi connectivity index (χ1) is 10.7. The van der Waals surface area contributed by atoms with Gasteiger partial charge in [0.1, 0.15) is 17.4 Å². The molecule has 1 aromatic carbocycles. The lowest BCUT2D eigenvalue weighted by atomic mass is 10.3. The number of nitrogens with zero attached hydrogens (tertiary/aromatic N) is 3. The zero-order valence-electron chi connectivity index (χ0n) is 11.8. The lowest BCUT2D eigenvalue weighted by Crippen LogP contribution is -2.15. The molecular formula is C16H12N4O2. The molecule has 0 bridgehead atoms. The number of para-hydroxylation sites is 1. The molecule has 2 aromatic heterocycles. The van der Waals surface area contributed by atoms with Gasteiger partial charge in [0.05, 0.1) is 11.9 Å². The van der Waals surface area contributed by atoms with E-state index in [1.807, 2.05) is 36.4 Å². The molecule has 0 aliphatic carbocycles. The Morgan fingerprint density at radius 2 is 2.05 bits per heavy atom. The lowest BCUT2D eigenvalue weighted by molar-refractivity contribution is 0.0994. The smallest absolute Gasteiger partial charge is 0.292 e. The second-order valence-electron chi connectivity index (χ2n) is 4.63. The molecule has 6 heteroatoms. The summed E-state index contributed by atoms with van der Waals surface area (Å²) in [6.45, 7) is 1.76. The summed E-state index contributed by atoms with van der Waals surface area (Å²) in [5, 5.41) is 16.0. The van der Waals surface area contributed by atoms with E-state index in [4.69, 9.17) is 4.42 Å². The molecule has 6 nitrogen and oxygen atoms in total. The van der Waals surface area contributed by atoms with E-state index in [9.17, 15) is 10.1 Å². The van der Waals surface area contributed by atoms with Crippen molar-refractivity contribution in [2.75, 3.05) is 5.32 Å². The highest BCUT2D eigenvalue weighted by atomic mass is 16.3. The van der Waals surface area contributed by atoms with E-state index in [-0.39, 0.29) is 11.3 Å². The summed E-state index contributed by atoms with van der Waals surface area (Å²) in [5.41, 5.74) is 1.02. The molecule has 2 heterocycles. The highest BCUT2D eigenvalue weighted by Gasteiger charge is 2.17. The van der Waals surface area contributed by atoms with Crippen molar-refractivity contribution >= 4 is 11.7 Å². The van der Waals surface area contributed by atoms with Gasteiger partial charge in [-0.05, 0) is 31.2 Å². The van der Waals surface area contributed by atoms with E-state index in [0.29, 0.717) is 11.6 Å². The van der Waals surface area contributed by atoms with Crippen molar-refractivity contribution < 1.29 is 9.21 Å². The molecule has 0 fully saturated rings. The van der Waals surface area contributed by atoms with E-state index < -0.39 is 5.91 Å². The van der Waals surface area contributed by atoms with Crippen LogP contribution in [0.1, 0.15) is 21.9 Å². The van der Waals surface area contributed by atoms with Gasteiger partial charge in [-0.15, -0.1) is 0 Å². The predicted molar refractivity (Wildman–Crippen MR) is 79.7 cm³/mol. The highest BCUT2D eigenvalue weighted by Crippen LogP contribution is 2.20. The van der Waals surface area contributed by atoms with Crippen molar-refractivity contribution in [1.82, 2.24) is 9.78 Å². The highest BCUT2D eigenvalue weighted by molar-refractivity contribution is 6.02. The Balaban J connectivity index is 1.98. The maximum absolute atomic E-state index is 12.2. The van der Waals surface area contributed by atoms with E-state index >= 15 is 0 Å². The number of hydrogen-bond acceptors (Lipinski definition) is 4. The van der Waals surface area contributed by atoms with Gasteiger partial charge in [0.15, 0.2) is 11.6 Å². The number of benzene rings is 1. The van der Waals surface area contributed by atoms with Crippen LogP contribution in [-0.4, -0.2) is 15.7 Å². The molecule has 3 aromatic rings. The molecule has 0 unspecified atom stereocenters. The van der Waals surface area contributed by atoms with E-state index in [2.05, 4.69) is 10.4 Å². The van der Waals surface area contributed by atoms with Gasteiger partial charge in [-0.3, -0.25) is 4.79 Å². The van der Waals surface area contributed by atoms with Gasteiger partial charge in [0, 0.05) is 0 Å². The summed E-state index contributed by atoms with van der Waals surface area (Å²) in [6.07, 6.45) is 1.41. The van der Waals surface area contributed by atoms with Crippen molar-refractivity contribution in [3.63, 3.8) is 0 Å². The van der Waals surface area contributed by atoms with Crippen LogP contribution in [0.25, 0.3) is 5.69 Å². The number of carbonyl (C=O) groups excluding carboxylic acids is 1. The molecule has 0 aliphatic heterocycles. The molecule has 108 valence electrons. The Labute approximate surface area is 126 Å². The lowest BCUT2D eigenvalue weighted by Gasteiger charge is -2.08. The SMILES string of the molecule is Cc1ccc(C(=O)Nc2c(C#N)cnn2-c2ccccc2)o1. The molecular weight excluding hydrogens is 280 g/mol. The molecule has 22 heavy (non-hydrogen) atoms. The van der Waals surface area contributed by atoms with Crippen LogP contribution in [-0.2, 0) is 0 Å². The molecule has 3 rings (SSSR count). The molecule has 0 spiro atoms. The zero-order chi connectivity index (χ0) is 15.5. The molecule has 1 N–H and O–H groups in total. The molecule has 0 aliphatic rings. The average molecular weight is 292 g/mol. The van der Waals surface area contributed by atoms with Gasteiger partial charge < -0.3 is 9.73 Å². The second kappa shape index (κ2) is 5.58. The molecule has 0 saturated carbocycles. The van der Waals surface area contributed by atoms with Crippen LogP contribution in [0.3, 0.4) is 0 Å². The number of carbonyl (C=O) groups is 1. The number of aromatic nitrogens is 2. The van der Waals surface area contributed by atoms with Gasteiger partial charge in [-0.2, -0.15) is 10.4 Å². The number of furan rings is 1. The van der Waals surface area contributed by atoms with Crippen LogP contribution >= 0.6 is 0 Å². The number of hydrogen-bond donors (Lipinski definition) is 1. The van der Waals surface area contributed by atoms with Crippen LogP contribution in [0.5, 0.6) is 0 Å². The van der Waals surface area contributed by atoms with Gasteiger partial charge in [0.2, 0.25) is 0 Å². The third-order valence-electron chi connectivity index (χ3n) is 3.09. The zero-order valence-corrected chi connectivity index (χ0v) is 11.8. The van der Waals surface area contributed by atoms with E-state index in [1.165, 1.54) is 10.9 Å². The van der Waals surface area contributed by atoms with Crippen molar-refractivity contribution in [1.29, 1.82) is 5.26 Å². The van der Waals surface area contributed by atoms with Crippen LogP contribution in [0, 0.1) is 18.3 Å². The summed E-state index contributed by atoms with van der Waals surface area (Å²) in [7, 11) is 0. The molecule has 0 atom stereocenters. The van der Waals surface area contributed by atoms with Gasteiger partial charge >= 0.3 is 0 Å². The van der Waals surface area contributed by atoms with Gasteiger partial charge in [-0.1, -0.05) is 18.2 Å². The summed E-state index contributed by atoms with van der Waals surface area (Å²) in [4.78, 5) is 12.2. The summed E-state index contributed by atoms with van der Waals surface area (Å²) in [5.74, 6) is 0.708. The number of amides is 1. The van der Waals surface area contributed by atoms with Crippen molar-refractivity contribution in [2.24, 2.45) is 0 Å². The minimum atomic E-state index is -0.428. The van der Waals surface area contributed by atoms with E-state index in [0.717, 1.165) is 5.69 Å². The first-order valence-corrected chi connectivity index (χ1v) is 6.60. The maximum Gasteiger partial charge on any atom is 0.292 e. The van der Waals surface area contributed by atoms with Crippen molar-refractivity contribution in [3.8, 4) is 11.8 Å². The monoisotopic (exact) mass is 292 g/mol. The Morgan fingerprint density at radius 1 is 1.27 bits per heavy atom. The van der Waals surface area contributed by atoms with Crippen molar-refractivity contribution in [2.45, 2.75) is 6.92 Å². The predicted octanol–water partition coefficient (Wildman–Crippen LogP) is 2.90. The first kappa shape index (κ1) is 13.6. The Morgan fingerprint density at radius 3 is 2.68 bits per heavy atom. The van der Waals surface area contributed by atoms with Crippen LogP contribution in [0.2, 0.25) is 0 Å². The standard InChI is InChI=1S/C16H12N4O2/c1-11-7-8-14(22-11)16(21)19-15-12(9-17)10-18-20(15)13-5-3-2-4-6-13/h2-8,10H,1H3,(H,19,21). The quantitative estimate of drug-likeness (QED) is 0.804. The third-order valence-corrected chi connectivity index (χ3v) is 3.09. The number of rotatable bonds is 3. The fourth-order valence-electron chi connectivity index (χ4n) is 2.04. The Kier molecular flexibility index (Phi) is 3.46. The van der Waals surface area contributed by atoms with E-state index in [1.54, 1.807) is 19.1 Å². The normalized spacial score (nSPS) is 10.2. The van der Waals surface area contributed by atoms with Crippen LogP contribution in [0.15, 0.2) is 53.1 Å². The number of nitriles is 1. The molecule has 1 amide bonds. The van der Waals surface area contributed by atoms with Crippen molar-refractivity contribution in [3.05, 3.63) is 65.7 Å². The summed E-state index contributed by atoms with van der Waals surface area (Å²) in [6, 6.07) is 14.6. The fraction of sp³-hybridized carbons (Fsp3) is 0.0625.